The number of benzene rings is 2. The number of halogens is 1. The van der Waals surface area contributed by atoms with Crippen molar-refractivity contribution in [1.82, 2.24) is 0 Å². The largest absolute Gasteiger partial charge is 0.458 e. The van der Waals surface area contributed by atoms with E-state index >= 15 is 0 Å². The van der Waals surface area contributed by atoms with E-state index in [0.29, 0.717) is 29.3 Å². The third kappa shape index (κ3) is 6.82. The molecule has 0 radical (unpaired) electrons. The predicted octanol–water partition coefficient (Wildman–Crippen LogP) is 7.16. The fourth-order valence-electron chi connectivity index (χ4n) is 3.78. The molecule has 0 aromatic heterocycles. The molecule has 0 saturated heterocycles. The molecule has 5 heteroatoms. The van der Waals surface area contributed by atoms with Gasteiger partial charge >= 0.3 is 5.97 Å². The number of rotatable bonds is 3. The Morgan fingerprint density at radius 1 is 1.09 bits per heavy atom. The summed E-state index contributed by atoms with van der Waals surface area (Å²) in [5.74, 6) is -0.239. The number of carbonyl (C=O) groups is 1. The van der Waals surface area contributed by atoms with Gasteiger partial charge in [-0.3, -0.25) is 0 Å². The molecule has 0 bridgehead atoms. The standard InChI is InChI=1S/C28H32ClNO3/c1-19-12-8-5-6-11-15-24(30-32-18-23-13-9-7-10-14-23)17-25-26(28(31)33-22(19)4)20(2)16-21(3)27(25)29/h7-16,19,22H,5-6,17-18H2,1-4H3/b12-8+,15-11+,30-24+/t19-,22+/m0/s1. The zero-order valence-corrected chi connectivity index (χ0v) is 20.6. The van der Waals surface area contributed by atoms with Crippen molar-refractivity contribution in [3.05, 3.63) is 93.5 Å². The number of allylic oxidation sites excluding steroid dienone is 3. The van der Waals surface area contributed by atoms with Gasteiger partial charge in [0.05, 0.1) is 11.3 Å². The minimum atomic E-state index is -0.359. The summed E-state index contributed by atoms with van der Waals surface area (Å²) < 4.78 is 5.85. The van der Waals surface area contributed by atoms with E-state index in [9.17, 15) is 4.79 Å². The van der Waals surface area contributed by atoms with E-state index in [1.165, 1.54) is 0 Å². The Labute approximate surface area is 201 Å². The molecule has 4 nitrogen and oxygen atoms in total. The van der Waals surface area contributed by atoms with Crippen LogP contribution in [0.1, 0.15) is 59.3 Å². The number of cyclic esters (lactones) is 1. The Bertz CT molecular complexity index is 1060. The maximum Gasteiger partial charge on any atom is 0.339 e. The number of ether oxygens (including phenoxy) is 1. The van der Waals surface area contributed by atoms with E-state index < -0.39 is 0 Å². The number of hydrogen-bond donors (Lipinski definition) is 0. The van der Waals surface area contributed by atoms with Gasteiger partial charge < -0.3 is 9.57 Å². The molecule has 1 heterocycles. The molecular formula is C28H32ClNO3. The summed E-state index contributed by atoms with van der Waals surface area (Å²) in [6.07, 6.45) is 10.2. The fraction of sp³-hybridized carbons (Fsp3) is 0.357. The number of esters is 1. The lowest BCUT2D eigenvalue weighted by Gasteiger charge is -2.21. The molecule has 0 saturated carbocycles. The van der Waals surface area contributed by atoms with Crippen molar-refractivity contribution in [2.24, 2.45) is 11.1 Å². The predicted molar refractivity (Wildman–Crippen MR) is 135 cm³/mol. The first-order chi connectivity index (χ1) is 15.9. The van der Waals surface area contributed by atoms with Gasteiger partial charge in [0.25, 0.3) is 0 Å². The molecule has 0 aliphatic carbocycles. The van der Waals surface area contributed by atoms with Gasteiger partial charge in [0, 0.05) is 17.4 Å². The zero-order chi connectivity index (χ0) is 23.8. The van der Waals surface area contributed by atoms with Crippen LogP contribution in [0.4, 0.5) is 0 Å². The molecule has 0 unspecified atom stereocenters. The number of hydrogen-bond acceptors (Lipinski definition) is 4. The van der Waals surface area contributed by atoms with E-state index in [2.05, 4.69) is 30.3 Å². The maximum absolute atomic E-state index is 13.2. The van der Waals surface area contributed by atoms with E-state index in [4.69, 9.17) is 21.2 Å². The van der Waals surface area contributed by atoms with Crippen molar-refractivity contribution in [2.75, 3.05) is 0 Å². The summed E-state index contributed by atoms with van der Waals surface area (Å²) in [6.45, 7) is 8.21. The first-order valence-electron chi connectivity index (χ1n) is 11.4. The van der Waals surface area contributed by atoms with Crippen molar-refractivity contribution in [3.63, 3.8) is 0 Å². The Hall–Kier alpha value is -2.85. The summed E-state index contributed by atoms with van der Waals surface area (Å²) in [5, 5.41) is 4.96. The molecule has 3 rings (SSSR count). The van der Waals surface area contributed by atoms with Gasteiger partial charge in [-0.25, -0.2) is 4.79 Å². The zero-order valence-electron chi connectivity index (χ0n) is 19.8. The monoisotopic (exact) mass is 465 g/mol. The van der Waals surface area contributed by atoms with Gasteiger partial charge in [-0.15, -0.1) is 0 Å². The van der Waals surface area contributed by atoms with Crippen LogP contribution in [0.2, 0.25) is 5.02 Å². The van der Waals surface area contributed by atoms with Crippen LogP contribution in [0, 0.1) is 19.8 Å². The molecule has 0 fully saturated rings. The van der Waals surface area contributed by atoms with Crippen LogP contribution in [0.25, 0.3) is 0 Å². The second-order valence-corrected chi connectivity index (χ2v) is 8.95. The quantitative estimate of drug-likeness (QED) is 0.274. The molecule has 2 aromatic carbocycles. The normalized spacial score (nSPS) is 22.7. The first kappa shape index (κ1) is 24.8. The van der Waals surface area contributed by atoms with Crippen molar-refractivity contribution in [1.29, 1.82) is 0 Å². The average molecular weight is 466 g/mol. The van der Waals surface area contributed by atoms with E-state index in [-0.39, 0.29) is 18.0 Å². The number of carbonyl (C=O) groups excluding carboxylic acids is 1. The Morgan fingerprint density at radius 3 is 2.58 bits per heavy atom. The van der Waals surface area contributed by atoms with Gasteiger partial charge in [-0.1, -0.05) is 78.3 Å². The topological polar surface area (TPSA) is 47.9 Å². The second-order valence-electron chi connectivity index (χ2n) is 8.57. The van der Waals surface area contributed by atoms with Gasteiger partial charge in [0.2, 0.25) is 0 Å². The van der Waals surface area contributed by atoms with Crippen molar-refractivity contribution in [3.8, 4) is 0 Å². The van der Waals surface area contributed by atoms with E-state index in [1.807, 2.05) is 63.2 Å². The molecule has 0 N–H and O–H groups in total. The number of fused-ring (bicyclic) bond motifs is 1. The molecule has 1 aliphatic heterocycles. The number of nitrogens with zero attached hydrogens (tertiary/aromatic N) is 1. The summed E-state index contributed by atoms with van der Waals surface area (Å²) in [4.78, 5) is 18.9. The number of aryl methyl sites for hydroxylation is 2. The average Bonchev–Trinajstić information content (AvgIpc) is 2.79. The SMILES string of the molecule is Cc1cc(C)c2c(c1Cl)CC(=N/OCc1ccccc1)/C=C/CC/C=C/[C@H](C)[C@@H](C)OC2=O. The summed E-state index contributed by atoms with van der Waals surface area (Å²) >= 11 is 6.72. The van der Waals surface area contributed by atoms with Crippen LogP contribution in [0.15, 0.2) is 65.9 Å². The molecule has 174 valence electrons. The van der Waals surface area contributed by atoms with Crippen molar-refractivity contribution in [2.45, 2.75) is 59.7 Å². The highest BCUT2D eigenvalue weighted by Gasteiger charge is 2.24. The van der Waals surface area contributed by atoms with Gasteiger partial charge in [-0.2, -0.15) is 0 Å². The minimum absolute atomic E-state index is 0.119. The fourth-order valence-corrected chi connectivity index (χ4v) is 3.99. The second kappa shape index (κ2) is 11.9. The highest BCUT2D eigenvalue weighted by atomic mass is 35.5. The summed E-state index contributed by atoms with van der Waals surface area (Å²) in [5.41, 5.74) is 4.73. The molecular weight excluding hydrogens is 434 g/mol. The van der Waals surface area contributed by atoms with E-state index in [0.717, 1.165) is 35.1 Å². The van der Waals surface area contributed by atoms with Crippen LogP contribution >= 0.6 is 11.6 Å². The maximum atomic E-state index is 13.2. The van der Waals surface area contributed by atoms with E-state index in [1.54, 1.807) is 0 Å². The van der Waals surface area contributed by atoms with Crippen LogP contribution < -0.4 is 0 Å². The van der Waals surface area contributed by atoms with Gasteiger partial charge in [0.15, 0.2) is 0 Å². The Kier molecular flexibility index (Phi) is 8.90. The lowest BCUT2D eigenvalue weighted by atomic mass is 9.94. The van der Waals surface area contributed by atoms with Gasteiger partial charge in [-0.05, 0) is 61.9 Å². The summed E-state index contributed by atoms with van der Waals surface area (Å²) in [6, 6.07) is 11.8. The third-order valence-corrected chi connectivity index (χ3v) is 6.37. The third-order valence-electron chi connectivity index (χ3n) is 5.84. The smallest absolute Gasteiger partial charge is 0.339 e. The lowest BCUT2D eigenvalue weighted by Crippen LogP contribution is -2.23. The molecule has 1 aliphatic rings. The van der Waals surface area contributed by atoms with Crippen molar-refractivity contribution < 1.29 is 14.4 Å². The molecule has 0 amide bonds. The number of oxime groups is 1. The Balaban J connectivity index is 1.99. The van der Waals surface area contributed by atoms with Crippen LogP contribution in [-0.2, 0) is 22.6 Å². The Morgan fingerprint density at radius 2 is 1.82 bits per heavy atom. The molecule has 2 atom stereocenters. The molecule has 0 spiro atoms. The lowest BCUT2D eigenvalue weighted by molar-refractivity contribution is 0.0264. The first-order valence-corrected chi connectivity index (χ1v) is 11.8. The van der Waals surface area contributed by atoms with Crippen LogP contribution in [0.5, 0.6) is 0 Å². The van der Waals surface area contributed by atoms with Gasteiger partial charge in [0.1, 0.15) is 12.7 Å². The highest BCUT2D eigenvalue weighted by molar-refractivity contribution is 6.33. The molecule has 33 heavy (non-hydrogen) atoms. The highest BCUT2D eigenvalue weighted by Crippen LogP contribution is 2.30. The van der Waals surface area contributed by atoms with Crippen LogP contribution in [-0.4, -0.2) is 17.8 Å². The summed E-state index contributed by atoms with van der Waals surface area (Å²) in [7, 11) is 0. The van der Waals surface area contributed by atoms with Crippen molar-refractivity contribution >= 4 is 23.3 Å². The van der Waals surface area contributed by atoms with Crippen LogP contribution in [0.3, 0.4) is 0 Å². The molecule has 2 aromatic rings. The minimum Gasteiger partial charge on any atom is -0.458 e.